The molecule has 0 spiro atoms. The molecule has 1 aromatic rings. The lowest BCUT2D eigenvalue weighted by Gasteiger charge is -2.20. The van der Waals surface area contributed by atoms with Crippen molar-refractivity contribution in [1.29, 1.82) is 0 Å². The average molecular weight is 209 g/mol. The zero-order valence-corrected chi connectivity index (χ0v) is 9.60. The molecule has 1 aliphatic heterocycles. The minimum Gasteiger partial charge on any atom is -0.376 e. The lowest BCUT2D eigenvalue weighted by atomic mass is 10.1. The van der Waals surface area contributed by atoms with Crippen LogP contribution < -0.4 is 5.32 Å². The van der Waals surface area contributed by atoms with Crippen LogP contribution in [-0.2, 0) is 4.74 Å². The highest BCUT2D eigenvalue weighted by Gasteiger charge is 2.27. The van der Waals surface area contributed by atoms with E-state index in [1.807, 2.05) is 12.4 Å². The van der Waals surface area contributed by atoms with Crippen molar-refractivity contribution in [2.45, 2.75) is 45.4 Å². The lowest BCUT2D eigenvalue weighted by molar-refractivity contribution is 0.108. The van der Waals surface area contributed by atoms with Crippen molar-refractivity contribution < 1.29 is 4.74 Å². The quantitative estimate of drug-likeness (QED) is 0.828. The van der Waals surface area contributed by atoms with Gasteiger partial charge in [-0.3, -0.25) is 0 Å². The molecule has 0 aromatic carbocycles. The highest BCUT2D eigenvalue weighted by atomic mass is 16.5. The van der Waals surface area contributed by atoms with Crippen molar-refractivity contribution in [3.8, 4) is 0 Å². The maximum atomic E-state index is 5.57. The number of ether oxygens (including phenoxy) is 1. The monoisotopic (exact) mass is 209 g/mol. The van der Waals surface area contributed by atoms with Crippen LogP contribution in [0, 0.1) is 0 Å². The summed E-state index contributed by atoms with van der Waals surface area (Å²) in [6.45, 7) is 7.21. The summed E-state index contributed by atoms with van der Waals surface area (Å²) in [6, 6.07) is 0.831. The third-order valence-electron chi connectivity index (χ3n) is 2.78. The zero-order chi connectivity index (χ0) is 10.8. The molecular formula is C11H19N3O. The van der Waals surface area contributed by atoms with Crippen LogP contribution in [-0.4, -0.2) is 28.3 Å². The second-order valence-electron chi connectivity index (χ2n) is 4.39. The minimum atomic E-state index is 0.284. The molecule has 0 amide bonds. The van der Waals surface area contributed by atoms with Crippen molar-refractivity contribution >= 4 is 5.95 Å². The van der Waals surface area contributed by atoms with Crippen molar-refractivity contribution in [2.24, 2.45) is 0 Å². The molecule has 1 saturated heterocycles. The summed E-state index contributed by atoms with van der Waals surface area (Å²) in [5.74, 6) is 0.951. The summed E-state index contributed by atoms with van der Waals surface area (Å²) < 4.78 is 7.76. The van der Waals surface area contributed by atoms with E-state index in [1.54, 1.807) is 0 Å². The van der Waals surface area contributed by atoms with Gasteiger partial charge in [0.2, 0.25) is 5.95 Å². The molecule has 1 aromatic heterocycles. The Morgan fingerprint density at radius 3 is 3.00 bits per heavy atom. The Kier molecular flexibility index (Phi) is 2.95. The van der Waals surface area contributed by atoms with Gasteiger partial charge in [0.15, 0.2) is 0 Å². The molecule has 2 unspecified atom stereocenters. The molecule has 0 radical (unpaired) electrons. The average Bonchev–Trinajstić information content (AvgIpc) is 2.73. The molecule has 0 aliphatic carbocycles. The van der Waals surface area contributed by atoms with E-state index in [1.165, 1.54) is 0 Å². The number of rotatable bonds is 3. The Bertz CT molecular complexity index is 321. The predicted octanol–water partition coefficient (Wildman–Crippen LogP) is 2.05. The van der Waals surface area contributed by atoms with E-state index in [0.29, 0.717) is 12.1 Å². The fraction of sp³-hybridized carbons (Fsp3) is 0.727. The van der Waals surface area contributed by atoms with Crippen LogP contribution in [0.2, 0.25) is 0 Å². The number of hydrogen-bond acceptors (Lipinski definition) is 3. The number of anilines is 1. The lowest BCUT2D eigenvalue weighted by Crippen LogP contribution is -2.21. The molecule has 2 rings (SSSR count). The van der Waals surface area contributed by atoms with Crippen LogP contribution in [0.5, 0.6) is 0 Å². The standard InChI is InChI=1S/C11H19N3O/c1-8(2)13-11-12-5-6-14(11)10-4-7-15-9(10)3/h5-6,8-10H,4,7H2,1-3H3,(H,12,13). The Hall–Kier alpha value is -1.03. The highest BCUT2D eigenvalue weighted by Crippen LogP contribution is 2.28. The Balaban J connectivity index is 2.16. The van der Waals surface area contributed by atoms with E-state index < -0.39 is 0 Å². The zero-order valence-electron chi connectivity index (χ0n) is 9.60. The van der Waals surface area contributed by atoms with Crippen LogP contribution in [0.3, 0.4) is 0 Å². The summed E-state index contributed by atoms with van der Waals surface area (Å²) in [7, 11) is 0. The van der Waals surface area contributed by atoms with E-state index >= 15 is 0 Å². The molecule has 15 heavy (non-hydrogen) atoms. The van der Waals surface area contributed by atoms with Gasteiger partial charge in [-0.15, -0.1) is 0 Å². The first-order valence-corrected chi connectivity index (χ1v) is 5.59. The van der Waals surface area contributed by atoms with Gasteiger partial charge in [-0.25, -0.2) is 4.98 Å². The molecule has 2 heterocycles. The Morgan fingerprint density at radius 2 is 2.40 bits per heavy atom. The molecule has 1 aliphatic rings. The second kappa shape index (κ2) is 4.23. The fourth-order valence-electron chi connectivity index (χ4n) is 2.04. The molecule has 1 N–H and O–H groups in total. The van der Waals surface area contributed by atoms with E-state index in [0.717, 1.165) is 19.0 Å². The van der Waals surface area contributed by atoms with Gasteiger partial charge in [0, 0.05) is 25.0 Å². The summed E-state index contributed by atoms with van der Waals surface area (Å²) in [4.78, 5) is 4.33. The normalized spacial score (nSPS) is 26.1. The van der Waals surface area contributed by atoms with Crippen molar-refractivity contribution in [3.63, 3.8) is 0 Å². The van der Waals surface area contributed by atoms with E-state index in [4.69, 9.17) is 4.74 Å². The molecule has 84 valence electrons. The summed E-state index contributed by atoms with van der Waals surface area (Å²) in [6.07, 6.45) is 5.23. The van der Waals surface area contributed by atoms with Crippen molar-refractivity contribution in [2.75, 3.05) is 11.9 Å². The van der Waals surface area contributed by atoms with Crippen molar-refractivity contribution in [1.82, 2.24) is 9.55 Å². The third-order valence-corrected chi connectivity index (χ3v) is 2.78. The van der Waals surface area contributed by atoms with E-state index in [9.17, 15) is 0 Å². The number of imidazole rings is 1. The Labute approximate surface area is 90.6 Å². The maximum Gasteiger partial charge on any atom is 0.203 e. The molecule has 2 atom stereocenters. The number of nitrogens with one attached hydrogen (secondary N) is 1. The van der Waals surface area contributed by atoms with Crippen LogP contribution in [0.4, 0.5) is 5.95 Å². The Morgan fingerprint density at radius 1 is 1.60 bits per heavy atom. The third kappa shape index (κ3) is 2.15. The van der Waals surface area contributed by atoms with E-state index in [2.05, 4.69) is 35.6 Å². The van der Waals surface area contributed by atoms with Crippen LogP contribution in [0.15, 0.2) is 12.4 Å². The SMILES string of the molecule is CC(C)Nc1nccn1C1CCOC1C. The summed E-state index contributed by atoms with van der Waals surface area (Å²) in [5, 5.41) is 3.35. The fourth-order valence-corrected chi connectivity index (χ4v) is 2.04. The number of aromatic nitrogens is 2. The van der Waals surface area contributed by atoms with Gasteiger partial charge in [-0.05, 0) is 27.2 Å². The molecule has 1 fully saturated rings. The molecule has 4 heteroatoms. The summed E-state index contributed by atoms with van der Waals surface area (Å²) in [5.41, 5.74) is 0. The first kappa shape index (κ1) is 10.5. The van der Waals surface area contributed by atoms with Crippen LogP contribution in [0.25, 0.3) is 0 Å². The van der Waals surface area contributed by atoms with Crippen molar-refractivity contribution in [3.05, 3.63) is 12.4 Å². The minimum absolute atomic E-state index is 0.284. The van der Waals surface area contributed by atoms with Gasteiger partial charge in [0.1, 0.15) is 0 Å². The van der Waals surface area contributed by atoms with Gasteiger partial charge < -0.3 is 14.6 Å². The molecule has 0 saturated carbocycles. The van der Waals surface area contributed by atoms with Crippen LogP contribution in [0.1, 0.15) is 33.2 Å². The van der Waals surface area contributed by atoms with Gasteiger partial charge >= 0.3 is 0 Å². The second-order valence-corrected chi connectivity index (χ2v) is 4.39. The smallest absolute Gasteiger partial charge is 0.203 e. The van der Waals surface area contributed by atoms with Gasteiger partial charge in [0.05, 0.1) is 12.1 Å². The van der Waals surface area contributed by atoms with Gasteiger partial charge in [-0.2, -0.15) is 0 Å². The first-order valence-electron chi connectivity index (χ1n) is 5.59. The largest absolute Gasteiger partial charge is 0.376 e. The van der Waals surface area contributed by atoms with Gasteiger partial charge in [0.25, 0.3) is 0 Å². The van der Waals surface area contributed by atoms with E-state index in [-0.39, 0.29) is 6.10 Å². The molecule has 0 bridgehead atoms. The predicted molar refractivity (Wildman–Crippen MR) is 60.1 cm³/mol. The highest BCUT2D eigenvalue weighted by molar-refractivity contribution is 5.28. The molecular weight excluding hydrogens is 190 g/mol. The first-order chi connectivity index (χ1) is 7.18. The van der Waals surface area contributed by atoms with Gasteiger partial charge in [-0.1, -0.05) is 0 Å². The van der Waals surface area contributed by atoms with Crippen LogP contribution >= 0.6 is 0 Å². The topological polar surface area (TPSA) is 39.1 Å². The number of nitrogens with zero attached hydrogens (tertiary/aromatic N) is 2. The summed E-state index contributed by atoms with van der Waals surface area (Å²) >= 11 is 0. The molecule has 4 nitrogen and oxygen atoms in total. The maximum absolute atomic E-state index is 5.57. The number of hydrogen-bond donors (Lipinski definition) is 1.